The molecule has 3 aromatic heterocycles. The Hall–Kier alpha value is -3.34. The van der Waals surface area contributed by atoms with Crippen LogP contribution in [0.5, 0.6) is 0 Å². The minimum Gasteiger partial charge on any atom is -0.352 e. The number of nitrogens with zero attached hydrogens (tertiary/aromatic N) is 3. The van der Waals surface area contributed by atoms with E-state index in [0.717, 1.165) is 28.4 Å². The Balaban J connectivity index is 1.45. The van der Waals surface area contributed by atoms with Gasteiger partial charge < -0.3 is 14.3 Å². The molecule has 0 aliphatic heterocycles. The number of aromatic nitrogens is 3. The summed E-state index contributed by atoms with van der Waals surface area (Å²) in [6, 6.07) is 18.0. The van der Waals surface area contributed by atoms with Crippen molar-refractivity contribution in [2.75, 3.05) is 6.54 Å². The Labute approximate surface area is 158 Å². The fourth-order valence-electron chi connectivity index (χ4n) is 3.47. The maximum Gasteiger partial charge on any atom is 0.253 e. The fourth-order valence-corrected chi connectivity index (χ4v) is 3.47. The lowest BCUT2D eigenvalue weighted by molar-refractivity contribution is 0.0953. The molecule has 4 aromatic rings. The van der Waals surface area contributed by atoms with E-state index in [0.29, 0.717) is 18.5 Å². The predicted octanol–water partition coefficient (Wildman–Crippen LogP) is 3.71. The van der Waals surface area contributed by atoms with Gasteiger partial charge in [0.25, 0.3) is 5.91 Å². The second-order valence-electron chi connectivity index (χ2n) is 6.66. The highest BCUT2D eigenvalue weighted by Crippen LogP contribution is 2.20. The molecule has 0 radical (unpaired) electrons. The average molecular weight is 358 g/mol. The van der Waals surface area contributed by atoms with E-state index in [1.54, 1.807) is 0 Å². The number of nitrogens with one attached hydrogen (secondary N) is 1. The molecule has 0 spiro atoms. The smallest absolute Gasteiger partial charge is 0.253 e. The maximum absolute atomic E-state index is 12.7. The average Bonchev–Trinajstić information content (AvgIpc) is 3.22. The number of amides is 1. The van der Waals surface area contributed by atoms with Gasteiger partial charge in [-0.1, -0.05) is 24.3 Å². The van der Waals surface area contributed by atoms with Crippen LogP contribution in [0.4, 0.5) is 0 Å². The molecule has 0 aliphatic carbocycles. The minimum absolute atomic E-state index is 0.0472. The van der Waals surface area contributed by atoms with Crippen LogP contribution in [0.3, 0.4) is 0 Å². The first kappa shape index (κ1) is 17.1. The van der Waals surface area contributed by atoms with E-state index in [4.69, 9.17) is 0 Å². The predicted molar refractivity (Wildman–Crippen MR) is 106 cm³/mol. The molecule has 5 nitrogen and oxygen atoms in total. The van der Waals surface area contributed by atoms with Gasteiger partial charge in [0.05, 0.1) is 11.3 Å². The zero-order valence-corrected chi connectivity index (χ0v) is 15.5. The highest BCUT2D eigenvalue weighted by atomic mass is 16.1. The van der Waals surface area contributed by atoms with Crippen molar-refractivity contribution >= 4 is 11.6 Å². The molecule has 4 rings (SSSR count). The first-order chi connectivity index (χ1) is 13.1. The van der Waals surface area contributed by atoms with Crippen LogP contribution in [0.2, 0.25) is 0 Å². The Morgan fingerprint density at radius 1 is 1.07 bits per heavy atom. The highest BCUT2D eigenvalue weighted by molar-refractivity contribution is 5.95. The van der Waals surface area contributed by atoms with Gasteiger partial charge in [-0.15, -0.1) is 0 Å². The summed E-state index contributed by atoms with van der Waals surface area (Å²) in [5, 5.41) is 3.02. The van der Waals surface area contributed by atoms with Crippen molar-refractivity contribution in [2.24, 2.45) is 0 Å². The second kappa shape index (κ2) is 7.11. The van der Waals surface area contributed by atoms with Crippen LogP contribution in [-0.4, -0.2) is 26.4 Å². The van der Waals surface area contributed by atoms with Crippen LogP contribution in [0, 0.1) is 13.8 Å². The van der Waals surface area contributed by atoms with Crippen molar-refractivity contribution in [3.05, 3.63) is 89.6 Å². The molecule has 0 saturated heterocycles. The molecule has 0 saturated carbocycles. The first-order valence-electron chi connectivity index (χ1n) is 9.08. The number of para-hydroxylation sites is 1. The van der Waals surface area contributed by atoms with Crippen LogP contribution in [0.25, 0.3) is 11.3 Å². The second-order valence-corrected chi connectivity index (χ2v) is 6.66. The summed E-state index contributed by atoms with van der Waals surface area (Å²) in [7, 11) is 0. The van der Waals surface area contributed by atoms with Crippen LogP contribution in [0.15, 0.2) is 67.0 Å². The molecule has 0 atom stereocenters. The van der Waals surface area contributed by atoms with E-state index < -0.39 is 0 Å². The Morgan fingerprint density at radius 2 is 1.85 bits per heavy atom. The Bertz CT molecular complexity index is 1060. The molecular weight excluding hydrogens is 336 g/mol. The van der Waals surface area contributed by atoms with Crippen molar-refractivity contribution in [3.63, 3.8) is 0 Å². The van der Waals surface area contributed by atoms with Gasteiger partial charge in [-0.3, -0.25) is 4.79 Å². The van der Waals surface area contributed by atoms with Gasteiger partial charge in [-0.2, -0.15) is 0 Å². The third kappa shape index (κ3) is 3.36. The van der Waals surface area contributed by atoms with E-state index in [1.807, 2.05) is 85.2 Å². The molecule has 5 heteroatoms. The number of imidazole rings is 1. The molecule has 3 heterocycles. The van der Waals surface area contributed by atoms with Crippen LogP contribution < -0.4 is 5.32 Å². The van der Waals surface area contributed by atoms with Gasteiger partial charge in [-0.25, -0.2) is 4.98 Å². The molecule has 1 aromatic carbocycles. The number of hydrogen-bond donors (Lipinski definition) is 1. The number of rotatable bonds is 5. The number of aryl methyl sites for hydroxylation is 1. The van der Waals surface area contributed by atoms with E-state index >= 15 is 0 Å². The summed E-state index contributed by atoms with van der Waals surface area (Å²) in [5.74, 6) is -0.0472. The molecular formula is C22H22N4O. The zero-order chi connectivity index (χ0) is 18.8. The maximum atomic E-state index is 12.7. The van der Waals surface area contributed by atoms with Crippen molar-refractivity contribution in [1.29, 1.82) is 0 Å². The number of hydrogen-bond acceptors (Lipinski definition) is 2. The highest BCUT2D eigenvalue weighted by Gasteiger charge is 2.16. The molecule has 136 valence electrons. The van der Waals surface area contributed by atoms with Crippen LogP contribution >= 0.6 is 0 Å². The normalized spacial score (nSPS) is 11.0. The summed E-state index contributed by atoms with van der Waals surface area (Å²) < 4.78 is 4.10. The van der Waals surface area contributed by atoms with Crippen molar-refractivity contribution in [1.82, 2.24) is 19.3 Å². The quantitative estimate of drug-likeness (QED) is 0.591. The zero-order valence-electron chi connectivity index (χ0n) is 15.5. The van der Waals surface area contributed by atoms with E-state index in [9.17, 15) is 4.79 Å². The third-order valence-electron chi connectivity index (χ3n) is 4.77. The summed E-state index contributed by atoms with van der Waals surface area (Å²) in [5.41, 5.74) is 5.66. The minimum atomic E-state index is -0.0472. The molecule has 0 aliphatic rings. The number of carbonyl (C=O) groups is 1. The van der Waals surface area contributed by atoms with E-state index in [-0.39, 0.29) is 5.91 Å². The standard InChI is InChI=1S/C22H22N4O/c1-16-14-20(17(2)26(16)19-8-4-3-5-9-19)22(27)23-12-11-18-15-25-13-7-6-10-21(25)24-18/h3-10,13-15H,11-12H2,1-2H3,(H,23,27). The number of benzene rings is 1. The Morgan fingerprint density at radius 3 is 2.63 bits per heavy atom. The molecule has 1 N–H and O–H groups in total. The van der Waals surface area contributed by atoms with Crippen LogP contribution in [0.1, 0.15) is 27.4 Å². The van der Waals surface area contributed by atoms with Gasteiger partial charge in [0.1, 0.15) is 5.65 Å². The molecule has 0 unspecified atom stereocenters. The van der Waals surface area contributed by atoms with Gasteiger partial charge in [0, 0.05) is 42.4 Å². The number of carbonyl (C=O) groups excluding carboxylic acids is 1. The lowest BCUT2D eigenvalue weighted by Gasteiger charge is -2.10. The third-order valence-corrected chi connectivity index (χ3v) is 4.77. The van der Waals surface area contributed by atoms with E-state index in [1.165, 1.54) is 0 Å². The fraction of sp³-hybridized carbons (Fsp3) is 0.182. The summed E-state index contributed by atoms with van der Waals surface area (Å²) >= 11 is 0. The topological polar surface area (TPSA) is 51.3 Å². The van der Waals surface area contributed by atoms with Crippen molar-refractivity contribution in [3.8, 4) is 5.69 Å². The summed E-state index contributed by atoms with van der Waals surface area (Å²) in [6.07, 6.45) is 4.68. The lowest BCUT2D eigenvalue weighted by atomic mass is 10.2. The molecule has 1 amide bonds. The van der Waals surface area contributed by atoms with E-state index in [2.05, 4.69) is 14.9 Å². The van der Waals surface area contributed by atoms with Gasteiger partial charge in [0.15, 0.2) is 0 Å². The van der Waals surface area contributed by atoms with Gasteiger partial charge in [-0.05, 0) is 44.2 Å². The first-order valence-corrected chi connectivity index (χ1v) is 9.08. The van der Waals surface area contributed by atoms with Crippen molar-refractivity contribution in [2.45, 2.75) is 20.3 Å². The number of fused-ring (bicyclic) bond motifs is 1. The monoisotopic (exact) mass is 358 g/mol. The molecule has 27 heavy (non-hydrogen) atoms. The lowest BCUT2D eigenvalue weighted by Crippen LogP contribution is -2.26. The Kier molecular flexibility index (Phi) is 4.50. The molecule has 0 fully saturated rings. The van der Waals surface area contributed by atoms with Crippen molar-refractivity contribution < 1.29 is 4.79 Å². The van der Waals surface area contributed by atoms with Gasteiger partial charge in [0.2, 0.25) is 0 Å². The number of pyridine rings is 1. The van der Waals surface area contributed by atoms with Crippen LogP contribution in [-0.2, 0) is 6.42 Å². The van der Waals surface area contributed by atoms with Gasteiger partial charge >= 0.3 is 0 Å². The largest absolute Gasteiger partial charge is 0.352 e. The SMILES string of the molecule is Cc1cc(C(=O)NCCc2cn3ccccc3n2)c(C)n1-c1ccccc1. The molecule has 0 bridgehead atoms. The summed E-state index contributed by atoms with van der Waals surface area (Å²) in [6.45, 7) is 4.56. The summed E-state index contributed by atoms with van der Waals surface area (Å²) in [4.78, 5) is 17.2.